The predicted octanol–water partition coefficient (Wildman–Crippen LogP) is 4.02. The van der Waals surface area contributed by atoms with E-state index in [9.17, 15) is 4.79 Å². The average molecular weight is 449 g/mol. The monoisotopic (exact) mass is 448 g/mol. The molecule has 2 aliphatic heterocycles. The molecule has 1 fully saturated rings. The van der Waals surface area contributed by atoms with Crippen LogP contribution in [-0.4, -0.2) is 76.4 Å². The van der Waals surface area contributed by atoms with Gasteiger partial charge >= 0.3 is 0 Å². The first-order valence-electron chi connectivity index (χ1n) is 11.1. The van der Waals surface area contributed by atoms with E-state index in [1.54, 1.807) is 0 Å². The number of fused-ring (bicyclic) bond motifs is 1. The van der Waals surface area contributed by atoms with Crippen LogP contribution in [0.25, 0.3) is 27.2 Å². The smallest absolute Gasteiger partial charge is 0.274 e. The van der Waals surface area contributed by atoms with E-state index < -0.39 is 0 Å². The molecule has 1 amide bonds. The fourth-order valence-corrected chi connectivity index (χ4v) is 5.51. The Morgan fingerprint density at radius 1 is 1.34 bits per heavy atom. The molecule has 4 heterocycles. The van der Waals surface area contributed by atoms with Crippen LogP contribution >= 0.6 is 11.3 Å². The fourth-order valence-electron chi connectivity index (χ4n) is 4.44. The summed E-state index contributed by atoms with van der Waals surface area (Å²) < 4.78 is 0. The summed E-state index contributed by atoms with van der Waals surface area (Å²) in [5.74, 6) is -0.0317. The topological polar surface area (TPSA) is 77.5 Å². The lowest BCUT2D eigenvalue weighted by molar-refractivity contribution is 0.0732. The number of carbonyl (C=O) groups excluding carboxylic acids is 1. The molecule has 2 unspecified atom stereocenters. The second kappa shape index (κ2) is 8.26. The van der Waals surface area contributed by atoms with Gasteiger partial charge in [-0.3, -0.25) is 14.9 Å². The number of rotatable bonds is 4. The van der Waals surface area contributed by atoms with Crippen molar-refractivity contribution in [3.05, 3.63) is 40.4 Å². The third kappa shape index (κ3) is 3.67. The molecule has 2 aromatic heterocycles. The van der Waals surface area contributed by atoms with Gasteiger partial charge in [0.2, 0.25) is 0 Å². The van der Waals surface area contributed by atoms with Gasteiger partial charge in [-0.25, -0.2) is 4.98 Å². The largest absolute Gasteiger partial charge is 0.336 e. The molecule has 0 spiro atoms. The van der Waals surface area contributed by atoms with Crippen LogP contribution in [-0.2, 0) is 0 Å². The molecule has 0 saturated carbocycles. The molecule has 3 aromatic rings. The standard InChI is InChI=1S/C24H28N6OS/c1-14-6-5-7-18-19(14)27-28-20(18)23-26-21(22(32-23)16-9-8-15(2)25-12-16)24(31)30(4)17-10-11-29(3)13-17/h5-7,9,12,15,17H,8,10-11,13H2,1-4H3,(H,27,28). The summed E-state index contributed by atoms with van der Waals surface area (Å²) in [5.41, 5.74) is 4.39. The van der Waals surface area contributed by atoms with Gasteiger partial charge in [-0.2, -0.15) is 5.10 Å². The average Bonchev–Trinajstić information content (AvgIpc) is 3.51. The number of carbonyl (C=O) groups is 1. The zero-order chi connectivity index (χ0) is 22.4. The van der Waals surface area contributed by atoms with Gasteiger partial charge in [-0.15, -0.1) is 11.3 Å². The van der Waals surface area contributed by atoms with Crippen molar-refractivity contribution in [1.29, 1.82) is 0 Å². The summed E-state index contributed by atoms with van der Waals surface area (Å²) >= 11 is 1.53. The van der Waals surface area contributed by atoms with Crippen molar-refractivity contribution in [2.24, 2.45) is 4.99 Å². The van der Waals surface area contributed by atoms with Crippen molar-refractivity contribution < 1.29 is 4.79 Å². The minimum Gasteiger partial charge on any atom is -0.336 e. The molecule has 8 heteroatoms. The number of thiazole rings is 1. The molecule has 0 radical (unpaired) electrons. The van der Waals surface area contributed by atoms with Gasteiger partial charge in [0, 0.05) is 36.8 Å². The number of aryl methyl sites for hydroxylation is 1. The van der Waals surface area contributed by atoms with Crippen LogP contribution < -0.4 is 0 Å². The van der Waals surface area contributed by atoms with Crippen molar-refractivity contribution in [3.63, 3.8) is 0 Å². The summed E-state index contributed by atoms with van der Waals surface area (Å²) in [7, 11) is 4.00. The first-order valence-corrected chi connectivity index (χ1v) is 11.9. The number of aromatic amines is 1. The number of aromatic nitrogens is 3. The highest BCUT2D eigenvalue weighted by molar-refractivity contribution is 7.16. The number of nitrogens with one attached hydrogen (secondary N) is 1. The van der Waals surface area contributed by atoms with E-state index in [0.717, 1.165) is 63.5 Å². The SMILES string of the molecule is Cc1cccc2c(-c3nc(C(=O)N(C)C4CCN(C)C4)c(C4=CCC(C)N=C4)s3)[nH]nc12. The second-order valence-corrected chi connectivity index (χ2v) is 9.91. The molecule has 2 atom stereocenters. The number of likely N-dealkylation sites (tertiary alicyclic amines) is 1. The number of allylic oxidation sites excluding steroid dienone is 1. The van der Waals surface area contributed by atoms with E-state index in [0.29, 0.717) is 5.69 Å². The fraction of sp³-hybridized carbons (Fsp3) is 0.417. The van der Waals surface area contributed by atoms with Crippen LogP contribution in [0.4, 0.5) is 0 Å². The molecular formula is C24H28N6OS. The summed E-state index contributed by atoms with van der Waals surface area (Å²) in [4.78, 5) is 28.1. The van der Waals surface area contributed by atoms with Gasteiger partial charge in [0.15, 0.2) is 0 Å². The number of hydrogen-bond acceptors (Lipinski definition) is 6. The van der Waals surface area contributed by atoms with E-state index in [1.807, 2.05) is 43.3 Å². The van der Waals surface area contributed by atoms with Crippen molar-refractivity contribution in [1.82, 2.24) is 25.0 Å². The molecule has 2 aliphatic rings. The Morgan fingerprint density at radius 2 is 2.19 bits per heavy atom. The van der Waals surface area contributed by atoms with Gasteiger partial charge in [0.05, 0.1) is 16.4 Å². The van der Waals surface area contributed by atoms with Crippen LogP contribution in [0.2, 0.25) is 0 Å². The van der Waals surface area contributed by atoms with Crippen molar-refractivity contribution in [2.75, 3.05) is 27.2 Å². The first kappa shape index (κ1) is 21.0. The molecule has 7 nitrogen and oxygen atoms in total. The molecule has 1 saturated heterocycles. The van der Waals surface area contributed by atoms with Gasteiger partial charge in [-0.05, 0) is 45.8 Å². The van der Waals surface area contributed by atoms with Gasteiger partial charge in [-0.1, -0.05) is 24.3 Å². The van der Waals surface area contributed by atoms with Crippen molar-refractivity contribution in [3.8, 4) is 10.7 Å². The Bertz CT molecular complexity index is 1240. The van der Waals surface area contributed by atoms with Crippen LogP contribution in [0.3, 0.4) is 0 Å². The Hall–Kier alpha value is -2.84. The number of amides is 1. The van der Waals surface area contributed by atoms with E-state index in [2.05, 4.69) is 40.1 Å². The summed E-state index contributed by atoms with van der Waals surface area (Å²) in [5, 5.41) is 9.47. The number of benzene rings is 1. The quantitative estimate of drug-likeness (QED) is 0.654. The lowest BCUT2D eigenvalue weighted by Gasteiger charge is -2.24. The minimum absolute atomic E-state index is 0.0317. The Balaban J connectivity index is 1.58. The molecule has 0 bridgehead atoms. The number of aliphatic imine (C=N–C) groups is 1. The number of dihydropyridines is 1. The predicted molar refractivity (Wildman–Crippen MR) is 130 cm³/mol. The zero-order valence-electron chi connectivity index (χ0n) is 18.9. The first-order chi connectivity index (χ1) is 15.4. The lowest BCUT2D eigenvalue weighted by Crippen LogP contribution is -2.39. The Labute approximate surface area is 191 Å². The highest BCUT2D eigenvalue weighted by atomic mass is 32.1. The minimum atomic E-state index is -0.0317. The second-order valence-electron chi connectivity index (χ2n) is 8.91. The number of H-pyrrole nitrogens is 1. The van der Waals surface area contributed by atoms with Crippen molar-refractivity contribution in [2.45, 2.75) is 38.8 Å². The normalized spacial score (nSPS) is 21.3. The highest BCUT2D eigenvalue weighted by Gasteiger charge is 2.31. The number of hydrogen-bond donors (Lipinski definition) is 1. The molecule has 0 aliphatic carbocycles. The van der Waals surface area contributed by atoms with E-state index in [4.69, 9.17) is 4.98 Å². The highest BCUT2D eigenvalue weighted by Crippen LogP contribution is 2.36. The van der Waals surface area contributed by atoms with Gasteiger partial charge < -0.3 is 9.80 Å². The van der Waals surface area contributed by atoms with Crippen LogP contribution in [0.5, 0.6) is 0 Å². The van der Waals surface area contributed by atoms with E-state index >= 15 is 0 Å². The van der Waals surface area contributed by atoms with Gasteiger partial charge in [0.25, 0.3) is 5.91 Å². The Morgan fingerprint density at radius 3 is 2.91 bits per heavy atom. The Kier molecular flexibility index (Phi) is 5.43. The zero-order valence-corrected chi connectivity index (χ0v) is 19.7. The molecule has 1 aromatic carbocycles. The summed E-state index contributed by atoms with van der Waals surface area (Å²) in [6.07, 6.45) is 5.91. The molecule has 166 valence electrons. The maximum Gasteiger partial charge on any atom is 0.274 e. The molecular weight excluding hydrogens is 420 g/mol. The number of likely N-dealkylation sites (N-methyl/N-ethyl adjacent to an activating group) is 2. The molecule has 5 rings (SSSR count). The summed E-state index contributed by atoms with van der Waals surface area (Å²) in [6.45, 7) is 6.04. The number of para-hydroxylation sites is 1. The third-order valence-electron chi connectivity index (χ3n) is 6.47. The van der Waals surface area contributed by atoms with Crippen molar-refractivity contribution >= 4 is 39.9 Å². The van der Waals surface area contributed by atoms with Crippen LogP contribution in [0.1, 0.15) is 40.7 Å². The third-order valence-corrected chi connectivity index (χ3v) is 7.60. The molecule has 1 N–H and O–H groups in total. The van der Waals surface area contributed by atoms with Gasteiger partial charge in [0.1, 0.15) is 16.4 Å². The number of nitrogens with zero attached hydrogens (tertiary/aromatic N) is 5. The lowest BCUT2D eigenvalue weighted by atomic mass is 10.1. The maximum absolute atomic E-state index is 13.6. The van der Waals surface area contributed by atoms with Crippen LogP contribution in [0, 0.1) is 6.92 Å². The van der Waals surface area contributed by atoms with Crippen LogP contribution in [0.15, 0.2) is 29.3 Å². The van der Waals surface area contributed by atoms with E-state index in [1.165, 1.54) is 11.3 Å². The maximum atomic E-state index is 13.6. The van der Waals surface area contributed by atoms with E-state index in [-0.39, 0.29) is 18.0 Å². The molecule has 32 heavy (non-hydrogen) atoms. The summed E-state index contributed by atoms with van der Waals surface area (Å²) in [6, 6.07) is 6.59.